The monoisotopic (exact) mass is 286 g/mol. The highest BCUT2D eigenvalue weighted by Crippen LogP contribution is 2.32. The Balaban J connectivity index is 2.47. The number of hydrogen-bond donors (Lipinski definition) is 3. The van der Waals surface area contributed by atoms with Gasteiger partial charge in [0.2, 0.25) is 0 Å². The molecule has 1 fully saturated rings. The maximum absolute atomic E-state index is 12.1. The summed E-state index contributed by atoms with van der Waals surface area (Å²) in [7, 11) is 1.65. The molecular weight excluding hydrogens is 256 g/mol. The summed E-state index contributed by atoms with van der Waals surface area (Å²) in [6, 6.07) is -0.139. The van der Waals surface area contributed by atoms with Gasteiger partial charge in [-0.05, 0) is 39.0 Å². The van der Waals surface area contributed by atoms with E-state index in [2.05, 4.69) is 10.6 Å². The molecule has 1 rings (SSSR count). The van der Waals surface area contributed by atoms with E-state index in [1.165, 1.54) is 19.3 Å². The van der Waals surface area contributed by atoms with Crippen LogP contribution in [0.3, 0.4) is 0 Å². The number of carbonyl (C=O) groups is 1. The zero-order chi connectivity index (χ0) is 15.0. The summed E-state index contributed by atoms with van der Waals surface area (Å²) in [6.07, 6.45) is 6.58. The van der Waals surface area contributed by atoms with E-state index in [4.69, 9.17) is 4.74 Å². The van der Waals surface area contributed by atoms with Crippen molar-refractivity contribution in [3.05, 3.63) is 0 Å². The van der Waals surface area contributed by atoms with Gasteiger partial charge in [-0.3, -0.25) is 0 Å². The molecule has 0 aliphatic heterocycles. The lowest BCUT2D eigenvalue weighted by Crippen LogP contribution is -2.58. The van der Waals surface area contributed by atoms with Crippen LogP contribution in [-0.2, 0) is 4.74 Å². The quantitative estimate of drug-likeness (QED) is 0.671. The van der Waals surface area contributed by atoms with Gasteiger partial charge >= 0.3 is 6.03 Å². The van der Waals surface area contributed by atoms with Gasteiger partial charge in [-0.1, -0.05) is 19.3 Å². The molecule has 0 radical (unpaired) electrons. The van der Waals surface area contributed by atoms with Crippen molar-refractivity contribution in [3.8, 4) is 0 Å². The number of rotatable bonds is 7. The van der Waals surface area contributed by atoms with E-state index >= 15 is 0 Å². The molecule has 3 N–H and O–H groups in total. The third-order valence-corrected chi connectivity index (χ3v) is 4.37. The molecule has 1 aliphatic rings. The average molecular weight is 286 g/mol. The summed E-state index contributed by atoms with van der Waals surface area (Å²) in [5.74, 6) is 0.362. The highest BCUT2D eigenvalue weighted by atomic mass is 16.5. The number of amides is 2. The minimum absolute atomic E-state index is 0.0163. The minimum Gasteiger partial charge on any atom is -0.394 e. The maximum Gasteiger partial charge on any atom is 0.315 e. The summed E-state index contributed by atoms with van der Waals surface area (Å²) < 4.78 is 5.00. The number of hydrogen-bond acceptors (Lipinski definition) is 3. The standard InChI is InChI=1S/C15H30N2O3/c1-12(9-10-20-3)16-14(19)17-15(2,11-18)13-7-5-4-6-8-13/h12-13,18H,4-11H2,1-3H3,(H2,16,17,19)/t12-,15-/m0/s1. The lowest BCUT2D eigenvalue weighted by Gasteiger charge is -2.39. The van der Waals surface area contributed by atoms with E-state index < -0.39 is 5.54 Å². The Hall–Kier alpha value is -0.810. The number of carbonyl (C=O) groups excluding carboxylic acids is 1. The highest BCUT2D eigenvalue weighted by Gasteiger charge is 2.35. The zero-order valence-electron chi connectivity index (χ0n) is 13.1. The van der Waals surface area contributed by atoms with E-state index in [0.29, 0.717) is 12.5 Å². The molecule has 5 heteroatoms. The molecule has 0 aromatic carbocycles. The Kier molecular flexibility index (Phi) is 7.30. The Morgan fingerprint density at radius 1 is 1.40 bits per heavy atom. The fourth-order valence-corrected chi connectivity index (χ4v) is 2.90. The van der Waals surface area contributed by atoms with Gasteiger partial charge in [0.25, 0.3) is 0 Å². The van der Waals surface area contributed by atoms with Crippen LogP contribution in [0.1, 0.15) is 52.4 Å². The molecule has 5 nitrogen and oxygen atoms in total. The molecule has 1 aliphatic carbocycles. The third-order valence-electron chi connectivity index (χ3n) is 4.37. The highest BCUT2D eigenvalue weighted by molar-refractivity contribution is 5.75. The molecule has 118 valence electrons. The van der Waals surface area contributed by atoms with Crippen LogP contribution in [0.25, 0.3) is 0 Å². The Bertz CT molecular complexity index is 293. The van der Waals surface area contributed by atoms with Crippen molar-refractivity contribution < 1.29 is 14.6 Å². The molecule has 2 atom stereocenters. The first-order valence-corrected chi connectivity index (χ1v) is 7.70. The van der Waals surface area contributed by atoms with Gasteiger partial charge in [-0.25, -0.2) is 4.79 Å². The number of nitrogens with one attached hydrogen (secondary N) is 2. The first-order chi connectivity index (χ1) is 9.51. The smallest absolute Gasteiger partial charge is 0.315 e. The lowest BCUT2D eigenvalue weighted by atomic mass is 9.76. The molecule has 2 amide bonds. The van der Waals surface area contributed by atoms with Crippen molar-refractivity contribution in [2.75, 3.05) is 20.3 Å². The molecule has 0 saturated heterocycles. The summed E-state index contributed by atoms with van der Waals surface area (Å²) >= 11 is 0. The van der Waals surface area contributed by atoms with E-state index in [1.54, 1.807) is 7.11 Å². The number of aliphatic hydroxyl groups is 1. The fourth-order valence-electron chi connectivity index (χ4n) is 2.90. The molecule has 0 heterocycles. The van der Waals surface area contributed by atoms with Crippen LogP contribution in [0.15, 0.2) is 0 Å². The van der Waals surface area contributed by atoms with Crippen molar-refractivity contribution >= 4 is 6.03 Å². The van der Waals surface area contributed by atoms with Crippen LogP contribution in [0.2, 0.25) is 0 Å². The van der Waals surface area contributed by atoms with Gasteiger partial charge in [-0.15, -0.1) is 0 Å². The van der Waals surface area contributed by atoms with Crippen LogP contribution in [-0.4, -0.2) is 43.0 Å². The molecule has 0 aromatic heterocycles. The topological polar surface area (TPSA) is 70.6 Å². The molecule has 1 saturated carbocycles. The average Bonchev–Trinajstić information content (AvgIpc) is 2.45. The van der Waals surface area contributed by atoms with E-state index in [0.717, 1.165) is 19.3 Å². The second kappa shape index (κ2) is 8.47. The summed E-state index contributed by atoms with van der Waals surface area (Å²) in [6.45, 7) is 4.51. The van der Waals surface area contributed by atoms with Crippen LogP contribution in [0.5, 0.6) is 0 Å². The summed E-state index contributed by atoms with van der Waals surface area (Å²) in [4.78, 5) is 12.1. The third kappa shape index (κ3) is 5.29. The summed E-state index contributed by atoms with van der Waals surface area (Å²) in [5.41, 5.74) is -0.522. The van der Waals surface area contributed by atoms with Gasteiger partial charge in [0.1, 0.15) is 0 Å². The van der Waals surface area contributed by atoms with Crippen molar-refractivity contribution in [2.45, 2.75) is 64.0 Å². The predicted molar refractivity (Wildman–Crippen MR) is 79.7 cm³/mol. The van der Waals surface area contributed by atoms with Crippen LogP contribution in [0, 0.1) is 5.92 Å². The first-order valence-electron chi connectivity index (χ1n) is 7.70. The lowest BCUT2D eigenvalue weighted by molar-refractivity contribution is 0.100. The molecule has 0 bridgehead atoms. The molecule has 20 heavy (non-hydrogen) atoms. The van der Waals surface area contributed by atoms with Gasteiger partial charge in [-0.2, -0.15) is 0 Å². The Morgan fingerprint density at radius 3 is 2.60 bits per heavy atom. The molecule has 0 unspecified atom stereocenters. The zero-order valence-corrected chi connectivity index (χ0v) is 13.1. The Labute approximate surface area is 122 Å². The molecule has 0 aromatic rings. The maximum atomic E-state index is 12.1. The van der Waals surface area contributed by atoms with Crippen molar-refractivity contribution in [1.82, 2.24) is 10.6 Å². The van der Waals surface area contributed by atoms with Gasteiger partial charge in [0.05, 0.1) is 12.1 Å². The van der Waals surface area contributed by atoms with Crippen molar-refractivity contribution in [2.24, 2.45) is 5.92 Å². The predicted octanol–water partition coefficient (Wildman–Crippen LogP) is 2.04. The number of ether oxygens (including phenoxy) is 1. The minimum atomic E-state index is -0.522. The van der Waals surface area contributed by atoms with Crippen molar-refractivity contribution in [3.63, 3.8) is 0 Å². The van der Waals surface area contributed by atoms with Gasteiger partial charge in [0, 0.05) is 19.8 Å². The van der Waals surface area contributed by atoms with Gasteiger partial charge in [0.15, 0.2) is 0 Å². The number of methoxy groups -OCH3 is 1. The van der Waals surface area contributed by atoms with E-state index in [1.807, 2.05) is 13.8 Å². The van der Waals surface area contributed by atoms with Crippen molar-refractivity contribution in [1.29, 1.82) is 0 Å². The Morgan fingerprint density at radius 2 is 2.05 bits per heavy atom. The van der Waals surface area contributed by atoms with E-state index in [9.17, 15) is 9.90 Å². The first kappa shape index (κ1) is 17.2. The van der Waals surface area contributed by atoms with E-state index in [-0.39, 0.29) is 18.7 Å². The molecule has 0 spiro atoms. The summed E-state index contributed by atoms with van der Waals surface area (Å²) in [5, 5.41) is 15.6. The van der Waals surface area contributed by atoms with Gasteiger partial charge < -0.3 is 20.5 Å². The fraction of sp³-hybridized carbons (Fsp3) is 0.933. The molecular formula is C15H30N2O3. The van der Waals surface area contributed by atoms with Crippen LogP contribution < -0.4 is 10.6 Å². The van der Waals surface area contributed by atoms with Crippen LogP contribution >= 0.6 is 0 Å². The number of aliphatic hydroxyl groups excluding tert-OH is 1. The number of urea groups is 1. The SMILES string of the molecule is COCC[C@H](C)NC(=O)N[C@@](C)(CO)C1CCCCC1. The second-order valence-corrected chi connectivity index (χ2v) is 6.19. The second-order valence-electron chi connectivity index (χ2n) is 6.19. The normalized spacial score (nSPS) is 21.0. The van der Waals surface area contributed by atoms with Crippen LogP contribution in [0.4, 0.5) is 4.79 Å². The largest absolute Gasteiger partial charge is 0.394 e.